The Hall–Kier alpha value is -2.31. The van der Waals surface area contributed by atoms with Crippen molar-refractivity contribution in [2.75, 3.05) is 25.0 Å². The Kier molecular flexibility index (Phi) is 5.64. The highest BCUT2D eigenvalue weighted by atomic mass is 32.1. The molecule has 6 heteroatoms. The van der Waals surface area contributed by atoms with Crippen LogP contribution in [0.5, 0.6) is 0 Å². The zero-order valence-electron chi connectivity index (χ0n) is 15.1. The maximum atomic E-state index is 13.1. The van der Waals surface area contributed by atoms with Gasteiger partial charge in [0, 0.05) is 12.6 Å². The third-order valence-corrected chi connectivity index (χ3v) is 5.59. The molecule has 1 amide bonds. The summed E-state index contributed by atoms with van der Waals surface area (Å²) in [5.41, 5.74) is 1.89. The van der Waals surface area contributed by atoms with E-state index in [1.54, 1.807) is 17.0 Å². The lowest BCUT2D eigenvalue weighted by atomic mass is 10.1. The number of carbonyl (C=O) groups excluding carboxylic acids is 1. The average Bonchev–Trinajstić information content (AvgIpc) is 3.05. The Labute approximate surface area is 156 Å². The number of nitrogens with zero attached hydrogens (tertiary/aromatic N) is 3. The molecule has 0 saturated heterocycles. The second-order valence-corrected chi connectivity index (χ2v) is 7.25. The van der Waals surface area contributed by atoms with Gasteiger partial charge in [0.05, 0.1) is 16.8 Å². The molecule has 1 unspecified atom stereocenters. The van der Waals surface area contributed by atoms with Gasteiger partial charge in [-0.3, -0.25) is 14.6 Å². The van der Waals surface area contributed by atoms with E-state index in [0.717, 1.165) is 20.9 Å². The number of anilines is 1. The van der Waals surface area contributed by atoms with Crippen molar-refractivity contribution in [2.45, 2.75) is 19.9 Å². The summed E-state index contributed by atoms with van der Waals surface area (Å²) >= 11 is 1.53. The summed E-state index contributed by atoms with van der Waals surface area (Å²) in [6.07, 6.45) is 0. The number of para-hydroxylation sites is 1. The second kappa shape index (κ2) is 7.93. The van der Waals surface area contributed by atoms with E-state index >= 15 is 0 Å². The van der Waals surface area contributed by atoms with Crippen LogP contribution in [0, 0.1) is 5.82 Å². The monoisotopic (exact) mass is 371 g/mol. The van der Waals surface area contributed by atoms with Crippen LogP contribution in [0.1, 0.15) is 25.5 Å². The van der Waals surface area contributed by atoms with Crippen molar-refractivity contribution in [3.63, 3.8) is 0 Å². The number of hydrogen-bond donors (Lipinski definition) is 0. The number of thiazole rings is 1. The number of carbonyl (C=O) groups is 1. The van der Waals surface area contributed by atoms with Crippen molar-refractivity contribution in [1.29, 1.82) is 0 Å². The first-order valence-electron chi connectivity index (χ1n) is 8.61. The first-order chi connectivity index (χ1) is 12.5. The van der Waals surface area contributed by atoms with Gasteiger partial charge in [-0.2, -0.15) is 0 Å². The normalized spacial score (nSPS) is 12.5. The van der Waals surface area contributed by atoms with Gasteiger partial charge in [-0.25, -0.2) is 9.37 Å². The molecule has 0 radical (unpaired) electrons. The highest BCUT2D eigenvalue weighted by Gasteiger charge is 2.22. The molecule has 2 aromatic carbocycles. The van der Waals surface area contributed by atoms with Crippen molar-refractivity contribution in [3.8, 4) is 0 Å². The van der Waals surface area contributed by atoms with E-state index in [4.69, 9.17) is 0 Å². The fraction of sp³-hybridized carbons (Fsp3) is 0.300. The van der Waals surface area contributed by atoms with E-state index in [1.165, 1.54) is 23.5 Å². The summed E-state index contributed by atoms with van der Waals surface area (Å²) in [6, 6.07) is 14.3. The summed E-state index contributed by atoms with van der Waals surface area (Å²) in [7, 11) is 1.90. The molecule has 0 aliphatic heterocycles. The molecule has 1 atom stereocenters. The van der Waals surface area contributed by atoms with Crippen LogP contribution in [0.4, 0.5) is 9.52 Å². The summed E-state index contributed by atoms with van der Waals surface area (Å²) in [5.74, 6) is -0.254. The van der Waals surface area contributed by atoms with Crippen molar-refractivity contribution >= 4 is 32.6 Å². The van der Waals surface area contributed by atoms with Gasteiger partial charge >= 0.3 is 0 Å². The van der Waals surface area contributed by atoms with Gasteiger partial charge in [0.25, 0.3) is 0 Å². The minimum atomic E-state index is -0.257. The lowest BCUT2D eigenvalue weighted by Crippen LogP contribution is -2.39. The summed E-state index contributed by atoms with van der Waals surface area (Å²) in [5, 5.41) is 0.724. The molecule has 136 valence electrons. The Balaban J connectivity index is 1.73. The molecule has 0 bridgehead atoms. The zero-order valence-corrected chi connectivity index (χ0v) is 16.0. The Morgan fingerprint density at radius 3 is 2.54 bits per heavy atom. The number of aromatic nitrogens is 1. The van der Waals surface area contributed by atoms with Crippen molar-refractivity contribution in [2.24, 2.45) is 0 Å². The van der Waals surface area contributed by atoms with Crippen LogP contribution in [0.2, 0.25) is 0 Å². The van der Waals surface area contributed by atoms with E-state index in [-0.39, 0.29) is 24.3 Å². The van der Waals surface area contributed by atoms with E-state index in [0.29, 0.717) is 6.54 Å². The van der Waals surface area contributed by atoms with Crippen LogP contribution >= 0.6 is 11.3 Å². The molecule has 0 aliphatic carbocycles. The predicted molar refractivity (Wildman–Crippen MR) is 105 cm³/mol. The van der Waals surface area contributed by atoms with Crippen LogP contribution in [0.15, 0.2) is 48.5 Å². The number of halogens is 1. The Morgan fingerprint density at radius 2 is 1.88 bits per heavy atom. The number of fused-ring (bicyclic) bond motifs is 1. The topological polar surface area (TPSA) is 36.4 Å². The molecule has 3 aromatic rings. The van der Waals surface area contributed by atoms with Gasteiger partial charge in [0.1, 0.15) is 5.82 Å². The molecule has 1 aromatic heterocycles. The summed E-state index contributed by atoms with van der Waals surface area (Å²) in [4.78, 5) is 21.1. The third kappa shape index (κ3) is 3.92. The molecular formula is C20H22FN3OS. The Bertz CT molecular complexity index is 860. The lowest BCUT2D eigenvalue weighted by Gasteiger charge is -2.27. The van der Waals surface area contributed by atoms with Crippen LogP contribution in [-0.2, 0) is 4.79 Å². The Morgan fingerprint density at radius 1 is 1.19 bits per heavy atom. The van der Waals surface area contributed by atoms with E-state index in [9.17, 15) is 9.18 Å². The molecule has 0 spiro atoms. The van der Waals surface area contributed by atoms with Crippen molar-refractivity contribution < 1.29 is 9.18 Å². The van der Waals surface area contributed by atoms with Gasteiger partial charge in [-0.15, -0.1) is 0 Å². The molecule has 26 heavy (non-hydrogen) atoms. The molecule has 0 N–H and O–H groups in total. The standard InChI is InChI=1S/C20H22FN3OS/c1-4-24(20-22-17-7-5-6-8-18(17)26-20)19(25)13-23(3)14(2)15-9-11-16(21)12-10-15/h5-12,14H,4,13H2,1-3H3. The smallest absolute Gasteiger partial charge is 0.242 e. The van der Waals surface area contributed by atoms with Gasteiger partial charge in [-0.05, 0) is 50.7 Å². The van der Waals surface area contributed by atoms with E-state index < -0.39 is 0 Å². The van der Waals surface area contributed by atoms with Gasteiger partial charge in [0.2, 0.25) is 5.91 Å². The fourth-order valence-corrected chi connectivity index (χ4v) is 3.87. The SMILES string of the molecule is CCN(C(=O)CN(C)C(C)c1ccc(F)cc1)c1nc2ccccc2s1. The molecular weight excluding hydrogens is 349 g/mol. The van der Waals surface area contributed by atoms with Gasteiger partial charge in [-0.1, -0.05) is 35.6 Å². The van der Waals surface area contributed by atoms with Crippen LogP contribution in [0.3, 0.4) is 0 Å². The van der Waals surface area contributed by atoms with Crippen molar-refractivity contribution in [1.82, 2.24) is 9.88 Å². The summed E-state index contributed by atoms with van der Waals surface area (Å²) in [6.45, 7) is 4.79. The quantitative estimate of drug-likeness (QED) is 0.641. The largest absolute Gasteiger partial charge is 0.291 e. The minimum absolute atomic E-state index is 0.00279. The van der Waals surface area contributed by atoms with E-state index in [2.05, 4.69) is 4.98 Å². The molecule has 1 heterocycles. The molecule has 0 aliphatic rings. The highest BCUT2D eigenvalue weighted by Crippen LogP contribution is 2.29. The third-order valence-electron chi connectivity index (χ3n) is 4.53. The first-order valence-corrected chi connectivity index (χ1v) is 9.43. The number of likely N-dealkylation sites (N-methyl/N-ethyl adjacent to an activating group) is 2. The number of rotatable bonds is 6. The predicted octanol–water partition coefficient (Wildman–Crippen LogP) is 4.48. The maximum absolute atomic E-state index is 13.1. The van der Waals surface area contributed by atoms with Crippen LogP contribution in [-0.4, -0.2) is 35.9 Å². The van der Waals surface area contributed by atoms with E-state index in [1.807, 2.05) is 50.1 Å². The summed E-state index contributed by atoms with van der Waals surface area (Å²) < 4.78 is 14.2. The zero-order chi connectivity index (χ0) is 18.7. The van der Waals surface area contributed by atoms with Crippen LogP contribution < -0.4 is 4.90 Å². The average molecular weight is 371 g/mol. The highest BCUT2D eigenvalue weighted by molar-refractivity contribution is 7.22. The molecule has 0 fully saturated rings. The van der Waals surface area contributed by atoms with Crippen molar-refractivity contribution in [3.05, 3.63) is 59.9 Å². The molecule has 3 rings (SSSR count). The van der Waals surface area contributed by atoms with Gasteiger partial charge in [0.15, 0.2) is 5.13 Å². The number of hydrogen-bond acceptors (Lipinski definition) is 4. The van der Waals surface area contributed by atoms with Gasteiger partial charge < -0.3 is 0 Å². The molecule has 4 nitrogen and oxygen atoms in total. The minimum Gasteiger partial charge on any atom is -0.291 e. The van der Waals surface area contributed by atoms with Crippen LogP contribution in [0.25, 0.3) is 10.2 Å². The fourth-order valence-electron chi connectivity index (χ4n) is 2.83. The maximum Gasteiger partial charge on any atom is 0.242 e. The second-order valence-electron chi connectivity index (χ2n) is 6.24. The number of amides is 1. The lowest BCUT2D eigenvalue weighted by molar-refractivity contribution is -0.119. The first kappa shape index (κ1) is 18.5. The molecule has 0 saturated carbocycles. The number of benzene rings is 2.